The van der Waals surface area contributed by atoms with Gasteiger partial charge < -0.3 is 20.5 Å². The molecule has 2 atom stereocenters. The molecule has 1 aromatic rings. The van der Waals surface area contributed by atoms with E-state index in [1.165, 1.54) is 0 Å². The van der Waals surface area contributed by atoms with Crippen LogP contribution < -0.4 is 15.4 Å². The van der Waals surface area contributed by atoms with Crippen LogP contribution in [0.25, 0.3) is 0 Å². The highest BCUT2D eigenvalue weighted by molar-refractivity contribution is 5.62. The smallest absolute Gasteiger partial charge is 0.143 e. The topological polar surface area (TPSA) is 58.7 Å². The van der Waals surface area contributed by atoms with Gasteiger partial charge in [0.1, 0.15) is 5.75 Å². The highest BCUT2D eigenvalue weighted by Crippen LogP contribution is 2.31. The van der Waals surface area contributed by atoms with Gasteiger partial charge in [-0.3, -0.25) is 0 Å². The van der Waals surface area contributed by atoms with Crippen molar-refractivity contribution in [3.8, 4) is 5.75 Å². The van der Waals surface area contributed by atoms with Crippen molar-refractivity contribution >= 4 is 11.4 Å². The molecule has 0 saturated carbocycles. The molecule has 1 aliphatic rings. The lowest BCUT2D eigenvalue weighted by molar-refractivity contribution is 0.136. The Morgan fingerprint density at radius 3 is 2.88 bits per heavy atom. The van der Waals surface area contributed by atoms with E-state index in [1.54, 1.807) is 7.11 Å². The Kier molecular flexibility index (Phi) is 3.43. The Bertz CT molecular complexity index is 393. The van der Waals surface area contributed by atoms with Crippen LogP contribution in [0.3, 0.4) is 0 Å². The van der Waals surface area contributed by atoms with Crippen molar-refractivity contribution in [2.24, 2.45) is 5.92 Å². The number of hydrogen-bond acceptors (Lipinski definition) is 4. The monoisotopic (exact) mass is 236 g/mol. The minimum Gasteiger partial charge on any atom is -0.495 e. The van der Waals surface area contributed by atoms with E-state index in [2.05, 4.69) is 4.90 Å². The summed E-state index contributed by atoms with van der Waals surface area (Å²) < 4.78 is 5.22. The Morgan fingerprint density at radius 1 is 1.53 bits per heavy atom. The average molecular weight is 236 g/mol. The minimum atomic E-state index is -0.240. The molecule has 3 N–H and O–H groups in total. The van der Waals surface area contributed by atoms with Crippen LogP contribution in [-0.2, 0) is 0 Å². The summed E-state index contributed by atoms with van der Waals surface area (Å²) in [5.74, 6) is 1.07. The number of nitrogen functional groups attached to an aromatic ring is 1. The van der Waals surface area contributed by atoms with E-state index in [1.807, 2.05) is 25.1 Å². The SMILES string of the molecule is COc1cc(N2CCC(C(C)O)C2)ccc1N. The number of anilines is 2. The maximum atomic E-state index is 9.59. The normalized spacial score (nSPS) is 21.6. The van der Waals surface area contributed by atoms with Crippen LogP contribution in [0.5, 0.6) is 5.75 Å². The third-order valence-electron chi connectivity index (χ3n) is 3.49. The zero-order valence-corrected chi connectivity index (χ0v) is 10.4. The van der Waals surface area contributed by atoms with Crippen LogP contribution in [0.15, 0.2) is 18.2 Å². The molecule has 1 saturated heterocycles. The third kappa shape index (κ3) is 2.47. The largest absolute Gasteiger partial charge is 0.495 e. The molecular formula is C13H20N2O2. The molecule has 1 fully saturated rings. The molecule has 0 radical (unpaired) electrons. The number of methoxy groups -OCH3 is 1. The first-order valence-corrected chi connectivity index (χ1v) is 5.98. The van der Waals surface area contributed by atoms with Crippen molar-refractivity contribution in [2.45, 2.75) is 19.4 Å². The molecule has 0 aromatic heterocycles. The van der Waals surface area contributed by atoms with Gasteiger partial charge in [0.15, 0.2) is 0 Å². The quantitative estimate of drug-likeness (QED) is 0.781. The van der Waals surface area contributed by atoms with Crippen LogP contribution in [-0.4, -0.2) is 31.4 Å². The molecule has 0 bridgehead atoms. The molecule has 4 heteroatoms. The van der Waals surface area contributed by atoms with Crippen molar-refractivity contribution in [3.05, 3.63) is 18.2 Å². The van der Waals surface area contributed by atoms with Gasteiger partial charge in [-0.05, 0) is 25.5 Å². The molecule has 1 aromatic carbocycles. The van der Waals surface area contributed by atoms with Gasteiger partial charge in [0.2, 0.25) is 0 Å². The first kappa shape index (κ1) is 12.0. The Morgan fingerprint density at radius 2 is 2.29 bits per heavy atom. The lowest BCUT2D eigenvalue weighted by Crippen LogP contribution is -2.23. The second-order valence-electron chi connectivity index (χ2n) is 4.66. The van der Waals surface area contributed by atoms with E-state index in [0.29, 0.717) is 17.4 Å². The summed E-state index contributed by atoms with van der Waals surface area (Å²) in [5.41, 5.74) is 7.56. The summed E-state index contributed by atoms with van der Waals surface area (Å²) in [7, 11) is 1.62. The second kappa shape index (κ2) is 4.84. The predicted octanol–water partition coefficient (Wildman–Crippen LogP) is 1.48. The summed E-state index contributed by atoms with van der Waals surface area (Å²) in [5, 5.41) is 9.59. The third-order valence-corrected chi connectivity index (χ3v) is 3.49. The van der Waals surface area contributed by atoms with Gasteiger partial charge in [-0.1, -0.05) is 0 Å². The van der Waals surface area contributed by atoms with Gasteiger partial charge >= 0.3 is 0 Å². The Balaban J connectivity index is 2.13. The van der Waals surface area contributed by atoms with Crippen LogP contribution in [0.1, 0.15) is 13.3 Å². The van der Waals surface area contributed by atoms with Crippen LogP contribution in [0, 0.1) is 5.92 Å². The van der Waals surface area contributed by atoms with Gasteiger partial charge in [0.05, 0.1) is 18.9 Å². The molecule has 4 nitrogen and oxygen atoms in total. The number of hydrogen-bond donors (Lipinski definition) is 2. The van der Waals surface area contributed by atoms with E-state index in [9.17, 15) is 5.11 Å². The van der Waals surface area contributed by atoms with Gasteiger partial charge in [0, 0.05) is 30.8 Å². The molecule has 17 heavy (non-hydrogen) atoms. The number of aliphatic hydroxyl groups is 1. The Hall–Kier alpha value is -1.42. The molecule has 1 aliphatic heterocycles. The maximum Gasteiger partial charge on any atom is 0.143 e. The predicted molar refractivity (Wildman–Crippen MR) is 69.4 cm³/mol. The number of rotatable bonds is 3. The van der Waals surface area contributed by atoms with Gasteiger partial charge in [-0.2, -0.15) is 0 Å². The highest BCUT2D eigenvalue weighted by atomic mass is 16.5. The molecule has 2 rings (SSSR count). The Labute approximate surface area is 102 Å². The summed E-state index contributed by atoms with van der Waals surface area (Å²) >= 11 is 0. The first-order chi connectivity index (χ1) is 8.11. The van der Waals surface area contributed by atoms with Crippen LogP contribution in [0.2, 0.25) is 0 Å². The molecule has 0 aliphatic carbocycles. The summed E-state index contributed by atoms with van der Waals surface area (Å²) in [4.78, 5) is 2.26. The summed E-state index contributed by atoms with van der Waals surface area (Å²) in [6, 6.07) is 5.83. The number of aliphatic hydroxyl groups excluding tert-OH is 1. The minimum absolute atomic E-state index is 0.240. The van der Waals surface area contributed by atoms with E-state index in [4.69, 9.17) is 10.5 Å². The van der Waals surface area contributed by atoms with E-state index < -0.39 is 0 Å². The number of nitrogens with zero attached hydrogens (tertiary/aromatic N) is 1. The molecule has 1 heterocycles. The molecule has 2 unspecified atom stereocenters. The van der Waals surface area contributed by atoms with E-state index in [0.717, 1.165) is 25.2 Å². The summed E-state index contributed by atoms with van der Waals surface area (Å²) in [6.07, 6.45) is 0.792. The van der Waals surface area contributed by atoms with Crippen LogP contribution >= 0.6 is 0 Å². The average Bonchev–Trinajstić information content (AvgIpc) is 2.79. The number of ether oxygens (including phenoxy) is 1. The van der Waals surface area contributed by atoms with Gasteiger partial charge in [-0.15, -0.1) is 0 Å². The highest BCUT2D eigenvalue weighted by Gasteiger charge is 2.26. The fraction of sp³-hybridized carbons (Fsp3) is 0.538. The molecular weight excluding hydrogens is 216 g/mol. The number of benzene rings is 1. The zero-order valence-electron chi connectivity index (χ0n) is 10.4. The second-order valence-corrected chi connectivity index (χ2v) is 4.66. The van der Waals surface area contributed by atoms with Crippen molar-refractivity contribution in [1.82, 2.24) is 0 Å². The maximum absolute atomic E-state index is 9.59. The lowest BCUT2D eigenvalue weighted by Gasteiger charge is -2.20. The van der Waals surface area contributed by atoms with Crippen molar-refractivity contribution in [3.63, 3.8) is 0 Å². The number of nitrogens with two attached hydrogens (primary N) is 1. The molecule has 0 amide bonds. The molecule has 94 valence electrons. The first-order valence-electron chi connectivity index (χ1n) is 5.98. The fourth-order valence-electron chi connectivity index (χ4n) is 2.31. The van der Waals surface area contributed by atoms with Gasteiger partial charge in [0.25, 0.3) is 0 Å². The van der Waals surface area contributed by atoms with Crippen molar-refractivity contribution in [1.29, 1.82) is 0 Å². The lowest BCUT2D eigenvalue weighted by atomic mass is 10.0. The van der Waals surface area contributed by atoms with E-state index in [-0.39, 0.29) is 6.10 Å². The summed E-state index contributed by atoms with van der Waals surface area (Å²) in [6.45, 7) is 3.73. The standard InChI is InChI=1S/C13H20N2O2/c1-9(16)10-5-6-15(8-10)11-3-4-12(14)13(7-11)17-2/h3-4,7,9-10,16H,5-6,8,14H2,1-2H3. The van der Waals surface area contributed by atoms with Crippen LogP contribution in [0.4, 0.5) is 11.4 Å². The van der Waals surface area contributed by atoms with Gasteiger partial charge in [-0.25, -0.2) is 0 Å². The van der Waals surface area contributed by atoms with Crippen molar-refractivity contribution in [2.75, 3.05) is 30.8 Å². The van der Waals surface area contributed by atoms with E-state index >= 15 is 0 Å². The van der Waals surface area contributed by atoms with Crippen molar-refractivity contribution < 1.29 is 9.84 Å². The molecule has 0 spiro atoms. The fourth-order valence-corrected chi connectivity index (χ4v) is 2.31. The zero-order chi connectivity index (χ0) is 12.4.